The van der Waals surface area contributed by atoms with E-state index >= 15 is 0 Å². The number of nitrogens with zero attached hydrogens (tertiary/aromatic N) is 1. The zero-order chi connectivity index (χ0) is 11.4. The molecule has 0 aromatic heterocycles. The van der Waals surface area contributed by atoms with Crippen LogP contribution < -0.4 is 0 Å². The lowest BCUT2D eigenvalue weighted by Crippen LogP contribution is -2.39. The number of hydrogen-bond donors (Lipinski definition) is 1. The Morgan fingerprint density at radius 1 is 1.12 bits per heavy atom. The Hall–Kier alpha value is -1.16. The van der Waals surface area contributed by atoms with E-state index in [0.717, 1.165) is 32.1 Å². The molecule has 0 aromatic rings. The lowest BCUT2D eigenvalue weighted by atomic mass is 9.83. The molecule has 1 aliphatic heterocycles. The normalized spacial score (nSPS) is 41.4. The molecule has 4 heteroatoms. The van der Waals surface area contributed by atoms with Crippen LogP contribution in [0.1, 0.15) is 32.1 Å². The van der Waals surface area contributed by atoms with Gasteiger partial charge in [-0.05, 0) is 37.5 Å². The third kappa shape index (κ3) is 1.33. The van der Waals surface area contributed by atoms with Crippen LogP contribution >= 0.6 is 0 Å². The van der Waals surface area contributed by atoms with Crippen molar-refractivity contribution in [2.24, 2.45) is 5.41 Å². The average Bonchev–Trinajstić information content (AvgIpc) is 2.84. The molecule has 3 rings (SSSR count). The molecule has 2 fully saturated rings. The van der Waals surface area contributed by atoms with E-state index in [0.29, 0.717) is 6.54 Å². The summed E-state index contributed by atoms with van der Waals surface area (Å²) in [4.78, 5) is 24.3. The molecule has 3 aliphatic rings. The summed E-state index contributed by atoms with van der Waals surface area (Å²) < 4.78 is 0. The Bertz CT molecular complexity index is 373. The monoisotopic (exact) mass is 221 g/mol. The van der Waals surface area contributed by atoms with Crippen LogP contribution in [0.15, 0.2) is 12.2 Å². The van der Waals surface area contributed by atoms with Gasteiger partial charge in [-0.15, -0.1) is 0 Å². The average molecular weight is 221 g/mol. The zero-order valence-corrected chi connectivity index (χ0v) is 9.11. The topological polar surface area (TPSA) is 57.6 Å². The van der Waals surface area contributed by atoms with Crippen LogP contribution in [0.5, 0.6) is 0 Å². The van der Waals surface area contributed by atoms with Gasteiger partial charge in [0.2, 0.25) is 0 Å². The number of rotatable bonds is 2. The van der Waals surface area contributed by atoms with Crippen LogP contribution in [-0.2, 0) is 9.59 Å². The van der Waals surface area contributed by atoms with Gasteiger partial charge >= 0.3 is 0 Å². The van der Waals surface area contributed by atoms with Crippen molar-refractivity contribution in [3.8, 4) is 0 Å². The fourth-order valence-corrected chi connectivity index (χ4v) is 3.43. The van der Waals surface area contributed by atoms with Gasteiger partial charge in [-0.2, -0.15) is 0 Å². The van der Waals surface area contributed by atoms with E-state index in [9.17, 15) is 14.7 Å². The smallest absolute Gasteiger partial charge is 0.253 e. The fourth-order valence-electron chi connectivity index (χ4n) is 3.43. The van der Waals surface area contributed by atoms with Gasteiger partial charge in [0, 0.05) is 18.7 Å². The van der Waals surface area contributed by atoms with Crippen molar-refractivity contribution >= 4 is 11.8 Å². The van der Waals surface area contributed by atoms with E-state index in [1.54, 1.807) is 0 Å². The van der Waals surface area contributed by atoms with Gasteiger partial charge in [0.1, 0.15) is 0 Å². The predicted octanol–water partition coefficient (Wildman–Crippen LogP) is 0.607. The largest absolute Gasteiger partial charge is 0.390 e. The second-order valence-corrected chi connectivity index (χ2v) is 5.50. The lowest BCUT2D eigenvalue weighted by molar-refractivity contribution is -0.138. The molecule has 2 bridgehead atoms. The number of carbonyl (C=O) groups is 2. The maximum Gasteiger partial charge on any atom is 0.253 e. The molecule has 2 aliphatic carbocycles. The van der Waals surface area contributed by atoms with Crippen LogP contribution in [0.4, 0.5) is 0 Å². The molecule has 2 amide bonds. The minimum absolute atomic E-state index is 0.00785. The maximum atomic E-state index is 11.5. The number of hydrogen-bond acceptors (Lipinski definition) is 3. The van der Waals surface area contributed by atoms with Crippen LogP contribution in [0, 0.1) is 5.41 Å². The molecule has 86 valence electrons. The summed E-state index contributed by atoms with van der Waals surface area (Å²) in [7, 11) is 0. The van der Waals surface area contributed by atoms with E-state index < -0.39 is 5.60 Å². The summed E-state index contributed by atoms with van der Waals surface area (Å²) in [6.07, 6.45) is 6.90. The summed E-state index contributed by atoms with van der Waals surface area (Å²) in [6, 6.07) is 0. The van der Waals surface area contributed by atoms with E-state index in [1.165, 1.54) is 17.1 Å². The Morgan fingerprint density at radius 2 is 1.69 bits per heavy atom. The molecule has 2 saturated carbocycles. The molecule has 1 heterocycles. The van der Waals surface area contributed by atoms with Gasteiger partial charge in [-0.1, -0.05) is 0 Å². The Labute approximate surface area is 93.9 Å². The third-order valence-corrected chi connectivity index (χ3v) is 4.34. The lowest BCUT2D eigenvalue weighted by Gasteiger charge is -2.30. The summed E-state index contributed by atoms with van der Waals surface area (Å²) in [5.41, 5.74) is -0.522. The van der Waals surface area contributed by atoms with Crippen molar-refractivity contribution in [3.63, 3.8) is 0 Å². The first-order valence-corrected chi connectivity index (χ1v) is 5.78. The van der Waals surface area contributed by atoms with Gasteiger partial charge in [0.25, 0.3) is 11.8 Å². The first-order chi connectivity index (χ1) is 7.52. The molecule has 1 N–H and O–H groups in total. The van der Waals surface area contributed by atoms with E-state index in [4.69, 9.17) is 0 Å². The first-order valence-electron chi connectivity index (χ1n) is 5.78. The maximum absolute atomic E-state index is 11.5. The van der Waals surface area contributed by atoms with Crippen molar-refractivity contribution in [2.75, 3.05) is 6.54 Å². The summed E-state index contributed by atoms with van der Waals surface area (Å²) in [6.45, 7) is 0.486. The van der Waals surface area contributed by atoms with E-state index in [1.807, 2.05) is 0 Å². The molecule has 0 unspecified atom stereocenters. The molecule has 0 aromatic carbocycles. The predicted molar refractivity (Wildman–Crippen MR) is 56.3 cm³/mol. The molecule has 0 atom stereocenters. The number of imide groups is 1. The SMILES string of the molecule is O=C1C=CC(=O)N1CC12CCC(O)(CC1)C2. The van der Waals surface area contributed by atoms with Crippen LogP contribution in [0.3, 0.4) is 0 Å². The van der Waals surface area contributed by atoms with Gasteiger partial charge in [-0.25, -0.2) is 0 Å². The van der Waals surface area contributed by atoms with Crippen molar-refractivity contribution in [1.29, 1.82) is 0 Å². The third-order valence-electron chi connectivity index (χ3n) is 4.34. The van der Waals surface area contributed by atoms with Gasteiger partial charge in [0.05, 0.1) is 5.60 Å². The second kappa shape index (κ2) is 2.94. The number of carbonyl (C=O) groups excluding carboxylic acids is 2. The number of aliphatic hydroxyl groups is 1. The number of fused-ring (bicyclic) bond motifs is 2. The molecule has 0 saturated heterocycles. The Kier molecular flexibility index (Phi) is 1.84. The molecule has 0 radical (unpaired) electrons. The summed E-state index contributed by atoms with van der Waals surface area (Å²) in [5, 5.41) is 10.1. The van der Waals surface area contributed by atoms with Crippen molar-refractivity contribution in [3.05, 3.63) is 12.2 Å². The molecular weight excluding hydrogens is 206 g/mol. The van der Waals surface area contributed by atoms with E-state index in [2.05, 4.69) is 0 Å². The van der Waals surface area contributed by atoms with Gasteiger partial charge in [0.15, 0.2) is 0 Å². The van der Waals surface area contributed by atoms with Crippen molar-refractivity contribution in [1.82, 2.24) is 4.90 Å². The molecule has 16 heavy (non-hydrogen) atoms. The molecule has 0 spiro atoms. The highest BCUT2D eigenvalue weighted by Gasteiger charge is 2.54. The summed E-state index contributed by atoms with van der Waals surface area (Å²) >= 11 is 0. The Morgan fingerprint density at radius 3 is 2.12 bits per heavy atom. The second-order valence-electron chi connectivity index (χ2n) is 5.50. The molecular formula is C12H15NO3. The van der Waals surface area contributed by atoms with Gasteiger partial charge in [-0.3, -0.25) is 14.5 Å². The minimum atomic E-state index is -0.515. The first kappa shape index (κ1) is 10.0. The van der Waals surface area contributed by atoms with Crippen LogP contribution in [-0.4, -0.2) is 34.0 Å². The minimum Gasteiger partial charge on any atom is -0.390 e. The highest BCUT2D eigenvalue weighted by Crippen LogP contribution is 2.56. The van der Waals surface area contributed by atoms with Crippen LogP contribution in [0.25, 0.3) is 0 Å². The van der Waals surface area contributed by atoms with Crippen molar-refractivity contribution < 1.29 is 14.7 Å². The Balaban J connectivity index is 1.77. The molecule has 4 nitrogen and oxygen atoms in total. The fraction of sp³-hybridized carbons (Fsp3) is 0.667. The summed E-state index contributed by atoms with van der Waals surface area (Å²) in [5.74, 6) is -0.413. The standard InChI is InChI=1S/C12H15NO3/c14-9-1-2-10(15)13(9)8-11-3-5-12(16,7-11)6-4-11/h1-2,16H,3-8H2. The van der Waals surface area contributed by atoms with Crippen LogP contribution in [0.2, 0.25) is 0 Å². The quantitative estimate of drug-likeness (QED) is 0.695. The van der Waals surface area contributed by atoms with Crippen molar-refractivity contribution in [2.45, 2.75) is 37.7 Å². The zero-order valence-electron chi connectivity index (χ0n) is 9.11. The van der Waals surface area contributed by atoms with E-state index in [-0.39, 0.29) is 17.2 Å². The number of amides is 2. The van der Waals surface area contributed by atoms with Gasteiger partial charge < -0.3 is 5.11 Å². The highest BCUT2D eigenvalue weighted by atomic mass is 16.3. The highest BCUT2D eigenvalue weighted by molar-refractivity contribution is 6.12.